The van der Waals surface area contributed by atoms with E-state index < -0.39 is 5.91 Å². The van der Waals surface area contributed by atoms with Crippen LogP contribution in [0.15, 0.2) is 84.0 Å². The van der Waals surface area contributed by atoms with Gasteiger partial charge in [-0.2, -0.15) is 10.2 Å². The normalized spacial score (nSPS) is 11.1. The van der Waals surface area contributed by atoms with Crippen molar-refractivity contribution in [1.82, 2.24) is 15.2 Å². The molecule has 0 spiro atoms. The van der Waals surface area contributed by atoms with Gasteiger partial charge in [0.1, 0.15) is 5.82 Å². The Labute approximate surface area is 179 Å². The lowest BCUT2D eigenvalue weighted by atomic mass is 10.1. The van der Waals surface area contributed by atoms with E-state index >= 15 is 0 Å². The number of nitrogens with zero attached hydrogens (tertiary/aromatic N) is 3. The van der Waals surface area contributed by atoms with Crippen LogP contribution in [0.5, 0.6) is 0 Å². The summed E-state index contributed by atoms with van der Waals surface area (Å²) in [6.45, 7) is 4.04. The molecule has 6 heteroatoms. The molecule has 0 saturated carbocycles. The van der Waals surface area contributed by atoms with Crippen molar-refractivity contribution in [3.05, 3.63) is 107 Å². The Bertz CT molecular complexity index is 1240. The highest BCUT2D eigenvalue weighted by Crippen LogP contribution is 2.25. The minimum absolute atomic E-state index is 0.244. The molecular weight excluding hydrogens is 391 g/mol. The van der Waals surface area contributed by atoms with Crippen molar-refractivity contribution < 1.29 is 9.18 Å². The number of carbonyl (C=O) groups excluding carboxylic acids is 1. The van der Waals surface area contributed by atoms with E-state index in [1.807, 2.05) is 62.4 Å². The highest BCUT2D eigenvalue weighted by atomic mass is 19.1. The van der Waals surface area contributed by atoms with Gasteiger partial charge in [-0.1, -0.05) is 54.1 Å². The zero-order valence-electron chi connectivity index (χ0n) is 17.2. The fourth-order valence-electron chi connectivity index (χ4n) is 3.15. The van der Waals surface area contributed by atoms with Crippen LogP contribution in [0, 0.1) is 19.7 Å². The Morgan fingerprint density at radius 2 is 1.71 bits per heavy atom. The van der Waals surface area contributed by atoms with Gasteiger partial charge in [0.2, 0.25) is 0 Å². The van der Waals surface area contributed by atoms with Gasteiger partial charge in [0.15, 0.2) is 5.69 Å². The van der Waals surface area contributed by atoms with Crippen LogP contribution in [-0.2, 0) is 0 Å². The van der Waals surface area contributed by atoms with Crippen molar-refractivity contribution in [3.63, 3.8) is 0 Å². The summed E-state index contributed by atoms with van der Waals surface area (Å²) in [5.41, 5.74) is 8.27. The first-order chi connectivity index (χ1) is 15.0. The van der Waals surface area contributed by atoms with Crippen molar-refractivity contribution in [2.45, 2.75) is 13.8 Å². The first-order valence-corrected chi connectivity index (χ1v) is 9.83. The molecule has 0 saturated heterocycles. The summed E-state index contributed by atoms with van der Waals surface area (Å²) in [4.78, 5) is 12.7. The van der Waals surface area contributed by atoms with Gasteiger partial charge in [-0.25, -0.2) is 14.5 Å². The van der Waals surface area contributed by atoms with Gasteiger partial charge in [0.25, 0.3) is 5.91 Å². The molecule has 1 N–H and O–H groups in total. The van der Waals surface area contributed by atoms with Crippen LogP contribution in [0.3, 0.4) is 0 Å². The zero-order valence-corrected chi connectivity index (χ0v) is 17.2. The Morgan fingerprint density at radius 1 is 0.968 bits per heavy atom. The molecule has 4 rings (SSSR count). The smallest absolute Gasteiger partial charge is 0.265 e. The second kappa shape index (κ2) is 8.75. The van der Waals surface area contributed by atoms with E-state index in [1.54, 1.807) is 22.9 Å². The molecular formula is C25H21FN4O. The van der Waals surface area contributed by atoms with E-state index in [0.29, 0.717) is 5.56 Å². The SMILES string of the molecule is Cc1ccc(-c2cc(C(=O)N/N=C\c3ccc(F)cc3)nn2-c2cccc(C)c2)cc1. The lowest BCUT2D eigenvalue weighted by Crippen LogP contribution is -2.18. The predicted octanol–water partition coefficient (Wildman–Crippen LogP) is 5.06. The number of halogens is 1. The van der Waals surface area contributed by atoms with Gasteiger partial charge in [-0.05, 0) is 55.3 Å². The molecule has 5 nitrogen and oxygen atoms in total. The average molecular weight is 412 g/mol. The first-order valence-electron chi connectivity index (χ1n) is 9.83. The lowest BCUT2D eigenvalue weighted by Gasteiger charge is -2.08. The number of rotatable bonds is 5. The molecule has 1 amide bonds. The topological polar surface area (TPSA) is 59.3 Å². The Morgan fingerprint density at radius 3 is 2.42 bits per heavy atom. The minimum atomic E-state index is -0.432. The molecule has 0 aliphatic carbocycles. The second-order valence-corrected chi connectivity index (χ2v) is 7.28. The predicted molar refractivity (Wildman–Crippen MR) is 120 cm³/mol. The molecule has 3 aromatic carbocycles. The second-order valence-electron chi connectivity index (χ2n) is 7.28. The van der Waals surface area contributed by atoms with Gasteiger partial charge in [0, 0.05) is 5.56 Å². The van der Waals surface area contributed by atoms with Gasteiger partial charge in [0.05, 0.1) is 17.6 Å². The maximum absolute atomic E-state index is 13.0. The van der Waals surface area contributed by atoms with Gasteiger partial charge < -0.3 is 0 Å². The molecule has 1 aromatic heterocycles. The molecule has 0 aliphatic rings. The number of carbonyl (C=O) groups is 1. The van der Waals surface area contributed by atoms with Crippen LogP contribution >= 0.6 is 0 Å². The summed E-state index contributed by atoms with van der Waals surface area (Å²) >= 11 is 0. The van der Waals surface area contributed by atoms with E-state index in [1.165, 1.54) is 18.3 Å². The van der Waals surface area contributed by atoms with Gasteiger partial charge in [-0.15, -0.1) is 0 Å². The van der Waals surface area contributed by atoms with Crippen LogP contribution in [0.25, 0.3) is 16.9 Å². The summed E-state index contributed by atoms with van der Waals surface area (Å²) in [5, 5.41) is 8.50. The van der Waals surface area contributed by atoms with Crippen molar-refractivity contribution in [3.8, 4) is 16.9 Å². The van der Waals surface area contributed by atoms with E-state index in [0.717, 1.165) is 28.1 Å². The summed E-state index contributed by atoms with van der Waals surface area (Å²) in [5.74, 6) is -0.760. The van der Waals surface area contributed by atoms with Crippen LogP contribution in [0.4, 0.5) is 4.39 Å². The molecule has 154 valence electrons. The first kappa shape index (κ1) is 20.2. The van der Waals surface area contributed by atoms with Gasteiger partial charge in [-0.3, -0.25) is 4.79 Å². The third kappa shape index (κ3) is 4.75. The maximum Gasteiger partial charge on any atom is 0.291 e. The Hall–Kier alpha value is -4.06. The standard InChI is InChI=1S/C25H21FN4O/c1-17-6-10-20(11-7-17)24-15-23(29-30(24)22-5-3-4-18(2)14-22)25(31)28-27-16-19-8-12-21(26)13-9-19/h3-16H,1-2H3,(H,28,31)/b27-16-. The minimum Gasteiger partial charge on any atom is -0.265 e. The highest BCUT2D eigenvalue weighted by molar-refractivity contribution is 5.94. The number of benzene rings is 3. The van der Waals surface area contributed by atoms with Crippen LogP contribution < -0.4 is 5.43 Å². The van der Waals surface area contributed by atoms with E-state index in [-0.39, 0.29) is 11.5 Å². The Kier molecular flexibility index (Phi) is 5.71. The number of hydrogen-bond donors (Lipinski definition) is 1. The summed E-state index contributed by atoms with van der Waals surface area (Å²) in [7, 11) is 0. The molecule has 0 aliphatic heterocycles. The van der Waals surface area contributed by atoms with Crippen LogP contribution in [0.2, 0.25) is 0 Å². The fraction of sp³-hybridized carbons (Fsp3) is 0.0800. The van der Waals surface area contributed by atoms with E-state index in [4.69, 9.17) is 0 Å². The maximum atomic E-state index is 13.0. The summed E-state index contributed by atoms with van der Waals surface area (Å²) in [6, 6.07) is 23.6. The van der Waals surface area contributed by atoms with Gasteiger partial charge >= 0.3 is 0 Å². The number of hydrazone groups is 1. The van der Waals surface area contributed by atoms with Crippen molar-refractivity contribution in [2.24, 2.45) is 5.10 Å². The number of aryl methyl sites for hydroxylation is 2. The molecule has 0 fully saturated rings. The molecule has 0 radical (unpaired) electrons. The third-order valence-corrected chi connectivity index (χ3v) is 4.79. The summed E-state index contributed by atoms with van der Waals surface area (Å²) in [6.07, 6.45) is 1.45. The largest absolute Gasteiger partial charge is 0.291 e. The molecule has 1 heterocycles. The van der Waals surface area contributed by atoms with E-state index in [9.17, 15) is 9.18 Å². The molecule has 0 atom stereocenters. The quantitative estimate of drug-likeness (QED) is 0.368. The van der Waals surface area contributed by atoms with E-state index in [2.05, 4.69) is 15.6 Å². The van der Waals surface area contributed by atoms with Crippen LogP contribution in [0.1, 0.15) is 27.2 Å². The molecule has 4 aromatic rings. The Balaban J connectivity index is 1.64. The lowest BCUT2D eigenvalue weighted by molar-refractivity contribution is 0.0949. The number of hydrogen-bond acceptors (Lipinski definition) is 3. The van der Waals surface area contributed by atoms with Crippen molar-refractivity contribution in [1.29, 1.82) is 0 Å². The zero-order chi connectivity index (χ0) is 21.8. The van der Waals surface area contributed by atoms with Crippen LogP contribution in [-0.4, -0.2) is 21.9 Å². The number of amides is 1. The number of aromatic nitrogens is 2. The third-order valence-electron chi connectivity index (χ3n) is 4.79. The fourth-order valence-corrected chi connectivity index (χ4v) is 3.15. The monoisotopic (exact) mass is 412 g/mol. The van der Waals surface area contributed by atoms with Crippen molar-refractivity contribution >= 4 is 12.1 Å². The molecule has 0 unspecified atom stereocenters. The highest BCUT2D eigenvalue weighted by Gasteiger charge is 2.16. The summed E-state index contributed by atoms with van der Waals surface area (Å²) < 4.78 is 14.8. The molecule has 0 bridgehead atoms. The molecule has 31 heavy (non-hydrogen) atoms. The average Bonchev–Trinajstić information content (AvgIpc) is 3.21. The van der Waals surface area contributed by atoms with Crippen molar-refractivity contribution in [2.75, 3.05) is 0 Å². The number of nitrogens with one attached hydrogen (secondary N) is 1.